The van der Waals surface area contributed by atoms with E-state index in [1.165, 1.54) is 20.5 Å². The van der Waals surface area contributed by atoms with Crippen molar-refractivity contribution in [2.24, 2.45) is 13.0 Å². The first-order chi connectivity index (χ1) is 28.9. The van der Waals surface area contributed by atoms with E-state index in [9.17, 15) is 37.5 Å². The Morgan fingerprint density at radius 3 is 2.49 bits per heavy atom. The van der Waals surface area contributed by atoms with E-state index in [0.717, 1.165) is 59.9 Å². The second-order valence-corrected chi connectivity index (χ2v) is 18.3. The van der Waals surface area contributed by atoms with Crippen LogP contribution in [-0.2, 0) is 28.4 Å². The number of amides is 3. The molecule has 5 aromatic rings. The number of carbonyl (C=O) groups excluding carboxylic acids is 3. The summed E-state index contributed by atoms with van der Waals surface area (Å²) in [6, 6.07) is 8.55. The van der Waals surface area contributed by atoms with Crippen LogP contribution in [0.1, 0.15) is 97.2 Å². The summed E-state index contributed by atoms with van der Waals surface area (Å²) >= 11 is 1.49. The molecule has 8 rings (SSSR count). The van der Waals surface area contributed by atoms with Gasteiger partial charge in [0.25, 0.3) is 5.91 Å². The van der Waals surface area contributed by atoms with Crippen molar-refractivity contribution in [3.63, 3.8) is 0 Å². The van der Waals surface area contributed by atoms with E-state index in [1.54, 1.807) is 39.1 Å². The van der Waals surface area contributed by atoms with Crippen molar-refractivity contribution in [3.8, 4) is 0 Å². The highest BCUT2D eigenvalue weighted by Crippen LogP contribution is 2.42. The summed E-state index contributed by atoms with van der Waals surface area (Å²) in [4.78, 5) is 63.7. The highest BCUT2D eigenvalue weighted by atomic mass is 32.1. The summed E-state index contributed by atoms with van der Waals surface area (Å²) in [6.07, 6.45) is 0.517. The number of carbonyl (C=O) groups is 3. The lowest BCUT2D eigenvalue weighted by Crippen LogP contribution is -2.52. The number of hydrogen-bond donors (Lipinski definition) is 3. The Kier molecular flexibility index (Phi) is 11.3. The number of thiazole rings is 1. The van der Waals surface area contributed by atoms with Crippen molar-refractivity contribution in [2.45, 2.75) is 94.7 Å². The van der Waals surface area contributed by atoms with Gasteiger partial charge in [-0.15, -0.1) is 11.3 Å². The topological polar surface area (TPSA) is 155 Å². The highest BCUT2D eigenvalue weighted by Gasteiger charge is 2.37. The maximum atomic E-state index is 16.2. The largest absolute Gasteiger partial charge is 0.417 e. The molecule has 2 saturated heterocycles. The van der Waals surface area contributed by atoms with E-state index in [-0.39, 0.29) is 54.2 Å². The fraction of sp³-hybridized carbons (Fsp3) is 0.488. The van der Waals surface area contributed by atoms with Crippen molar-refractivity contribution < 1.29 is 37.1 Å². The van der Waals surface area contributed by atoms with Crippen LogP contribution < -0.4 is 21.2 Å². The molecule has 18 heteroatoms. The smallest absolute Gasteiger partial charge is 0.386 e. The number of para-hydroxylation sites is 1. The molecule has 3 fully saturated rings. The minimum atomic E-state index is -4.66. The van der Waals surface area contributed by atoms with Crippen LogP contribution in [-0.4, -0.2) is 85.7 Å². The summed E-state index contributed by atoms with van der Waals surface area (Å²) in [5.41, 5.74) is 0.154. The van der Waals surface area contributed by atoms with Crippen LogP contribution in [0.4, 0.5) is 28.9 Å². The number of piperidine rings is 2. The molecule has 324 valence electrons. The van der Waals surface area contributed by atoms with Crippen LogP contribution in [0.5, 0.6) is 0 Å². The lowest BCUT2D eigenvalue weighted by atomic mass is 9.81. The molecule has 1 aliphatic carbocycles. The van der Waals surface area contributed by atoms with Gasteiger partial charge in [-0.05, 0) is 95.7 Å². The summed E-state index contributed by atoms with van der Waals surface area (Å²) in [5, 5.41) is 17.0. The molecule has 2 aromatic carbocycles. The number of pyridine rings is 1. The number of fused-ring (bicyclic) bond motifs is 2. The van der Waals surface area contributed by atoms with E-state index in [0.29, 0.717) is 47.2 Å². The average Bonchev–Trinajstić information content (AvgIpc) is 3.74. The Balaban J connectivity index is 0.900. The summed E-state index contributed by atoms with van der Waals surface area (Å²) in [5.74, 6) is -1.09. The molecule has 5 heterocycles. The standard InChI is InChI=1S/C43H48F4N8O5S/c1-42(2,60)27-17-30-35(18-29(27)49-38(57)25-16-26(20-48-19-25)43(45,46)47)61-40(50-30)24-10-8-23(9-11-24)21-52(3)31-14-15-54(22-28(31)44)32-6-5-7-33-37(32)53(4)41(59)55(33)34-12-13-36(56)51-39(34)58/h5-7,16-20,23-24,28,31,34,60H,8-15,21-22H2,1-4H3,(H,49,57)(H,51,56,58)/t23?,24?,28-,31-,34?/m1/s1. The van der Waals surface area contributed by atoms with Crippen LogP contribution in [0.3, 0.4) is 0 Å². The predicted molar refractivity (Wildman–Crippen MR) is 223 cm³/mol. The number of anilines is 2. The zero-order valence-electron chi connectivity index (χ0n) is 34.3. The molecule has 1 saturated carbocycles. The third-order valence-corrected chi connectivity index (χ3v) is 13.7. The van der Waals surface area contributed by atoms with Crippen LogP contribution in [0.2, 0.25) is 0 Å². The highest BCUT2D eigenvalue weighted by molar-refractivity contribution is 7.18. The molecule has 3 aromatic heterocycles. The van der Waals surface area contributed by atoms with Crippen molar-refractivity contribution in [1.29, 1.82) is 0 Å². The molecule has 0 spiro atoms. The first-order valence-electron chi connectivity index (χ1n) is 20.5. The minimum absolute atomic E-state index is 0.142. The lowest BCUT2D eigenvalue weighted by molar-refractivity contribution is -0.138. The van der Waals surface area contributed by atoms with E-state index in [2.05, 4.69) is 20.5 Å². The predicted octanol–water partition coefficient (Wildman–Crippen LogP) is 6.64. The molecular weight excluding hydrogens is 817 g/mol. The van der Waals surface area contributed by atoms with Gasteiger partial charge in [-0.1, -0.05) is 6.07 Å². The fourth-order valence-electron chi connectivity index (χ4n) is 9.33. The lowest BCUT2D eigenvalue weighted by Gasteiger charge is -2.42. The number of rotatable bonds is 9. The number of benzene rings is 2. The summed E-state index contributed by atoms with van der Waals surface area (Å²) < 4.78 is 59.8. The monoisotopic (exact) mass is 864 g/mol. The van der Waals surface area contributed by atoms with Crippen molar-refractivity contribution in [2.75, 3.05) is 36.9 Å². The van der Waals surface area contributed by atoms with E-state index in [4.69, 9.17) is 4.98 Å². The molecule has 61 heavy (non-hydrogen) atoms. The number of halogens is 4. The van der Waals surface area contributed by atoms with Crippen molar-refractivity contribution in [3.05, 3.63) is 81.0 Å². The van der Waals surface area contributed by atoms with Gasteiger partial charge in [-0.3, -0.25) is 33.8 Å². The second kappa shape index (κ2) is 16.2. The molecule has 3 atom stereocenters. The van der Waals surface area contributed by atoms with E-state index in [1.807, 2.05) is 24.1 Å². The Hall–Kier alpha value is -5.20. The van der Waals surface area contributed by atoms with Gasteiger partial charge in [0.1, 0.15) is 12.2 Å². The number of aromatic nitrogens is 4. The van der Waals surface area contributed by atoms with Gasteiger partial charge >= 0.3 is 11.9 Å². The van der Waals surface area contributed by atoms with Gasteiger partial charge in [0.05, 0.1) is 55.2 Å². The Morgan fingerprint density at radius 2 is 1.80 bits per heavy atom. The SMILES string of the molecule is CN(CC1CCC(c2nc3cc(C(C)(C)O)c(NC(=O)c4cncc(C(F)(F)F)c4)cc3s2)CC1)[C@@H]1CCN(c2cccc3c2n(C)c(=O)n3C2CCC(=O)NC2=O)C[C@H]1F. The molecule has 0 radical (unpaired) electrons. The number of alkyl halides is 4. The Morgan fingerprint density at radius 1 is 1.05 bits per heavy atom. The third-order valence-electron chi connectivity index (χ3n) is 12.5. The van der Waals surface area contributed by atoms with E-state index >= 15 is 4.39 Å². The van der Waals surface area contributed by atoms with Gasteiger partial charge in [0, 0.05) is 62.2 Å². The molecule has 3 amide bonds. The first-order valence-corrected chi connectivity index (χ1v) is 21.3. The number of imidazole rings is 1. The van der Waals surface area contributed by atoms with Crippen LogP contribution in [0.25, 0.3) is 21.3 Å². The van der Waals surface area contributed by atoms with Crippen LogP contribution >= 0.6 is 11.3 Å². The minimum Gasteiger partial charge on any atom is -0.386 e. The van der Waals surface area contributed by atoms with Gasteiger partial charge in [-0.25, -0.2) is 14.2 Å². The maximum absolute atomic E-state index is 16.2. The average molecular weight is 865 g/mol. The number of nitrogens with zero attached hydrogens (tertiary/aromatic N) is 6. The molecule has 1 unspecified atom stereocenters. The fourth-order valence-corrected chi connectivity index (χ4v) is 10.5. The zero-order valence-corrected chi connectivity index (χ0v) is 35.1. The second-order valence-electron chi connectivity index (χ2n) is 17.2. The van der Waals surface area contributed by atoms with Gasteiger partial charge in [-0.2, -0.15) is 13.2 Å². The molecule has 13 nitrogen and oxygen atoms in total. The normalized spacial score (nSPS) is 22.9. The van der Waals surface area contributed by atoms with Crippen molar-refractivity contribution in [1.82, 2.24) is 29.3 Å². The molecule has 3 N–H and O–H groups in total. The number of aryl methyl sites for hydroxylation is 1. The van der Waals surface area contributed by atoms with Gasteiger partial charge in [0.2, 0.25) is 11.8 Å². The summed E-state index contributed by atoms with van der Waals surface area (Å²) in [7, 11) is 3.63. The first kappa shape index (κ1) is 42.5. The third kappa shape index (κ3) is 8.41. The van der Waals surface area contributed by atoms with E-state index < -0.39 is 41.4 Å². The Bertz CT molecular complexity index is 2570. The number of nitrogens with one attached hydrogen (secondary N) is 2. The molecule has 2 aliphatic heterocycles. The quantitative estimate of drug-likeness (QED) is 0.109. The number of imide groups is 1. The maximum Gasteiger partial charge on any atom is 0.417 e. The summed E-state index contributed by atoms with van der Waals surface area (Å²) in [6.45, 7) is 4.60. The van der Waals surface area contributed by atoms with Crippen LogP contribution in [0.15, 0.2) is 53.6 Å². The molecular formula is C43H48F4N8O5S. The van der Waals surface area contributed by atoms with Gasteiger partial charge < -0.3 is 20.2 Å². The zero-order chi connectivity index (χ0) is 43.5. The molecule has 0 bridgehead atoms. The number of aliphatic hydroxyl groups is 1. The van der Waals surface area contributed by atoms with Gasteiger partial charge in [0.15, 0.2) is 0 Å². The van der Waals surface area contributed by atoms with Crippen molar-refractivity contribution >= 4 is 61.7 Å². The Labute approximate surface area is 352 Å². The number of hydrogen-bond acceptors (Lipinski definition) is 10. The molecule has 3 aliphatic rings. The van der Waals surface area contributed by atoms with Crippen LogP contribution in [0, 0.1) is 5.92 Å².